The quantitative estimate of drug-likeness (QED) is 0.161. The molecule has 13 aromatic carbocycles. The van der Waals surface area contributed by atoms with E-state index >= 15 is 0 Å². The van der Waals surface area contributed by atoms with Crippen molar-refractivity contribution >= 4 is 96.9 Å². The maximum Gasteiger partial charge on any atom is 0.165 e. The minimum Gasteiger partial charge on any atom is -0.456 e. The van der Waals surface area contributed by atoms with Gasteiger partial charge in [0.25, 0.3) is 0 Å². The lowest BCUT2D eigenvalue weighted by molar-refractivity contribution is 0.669. The normalized spacial score (nSPS) is 13.2. The summed E-state index contributed by atoms with van der Waals surface area (Å²) in [5.74, 6) is 1.82. The van der Waals surface area contributed by atoms with E-state index in [9.17, 15) is 0 Å². The van der Waals surface area contributed by atoms with Crippen LogP contribution in [0, 0.1) is 0 Å². The standard InChI is InChI=1S/C76H41N3O2S/c1-5-22-60-49(13-1)50-14-2-6-23-61(50)76(60)62-24-10-17-47(45-34-36-48-54-18-11-26-65-70(54)71-55(59(48)39-45)19-12-27-66(71)81-65)69(62)57-38-33-44(40-63(57)76)42-29-31-43(32-30-42)73-77-74(46-35-37-52-51-15-3-7-25-64(51)80-67(52)41-46)79-75(78-73)58-21-9-20-56-53-16-4-8-28-68(53)82-72(56)58/h1-41H. The van der Waals surface area contributed by atoms with Crippen molar-refractivity contribution in [2.75, 3.05) is 0 Å². The third kappa shape index (κ3) is 5.92. The molecule has 0 saturated carbocycles. The fourth-order valence-corrected chi connectivity index (χ4v) is 15.7. The van der Waals surface area contributed by atoms with Crippen molar-refractivity contribution in [2.45, 2.75) is 5.41 Å². The van der Waals surface area contributed by atoms with Crippen LogP contribution < -0.4 is 0 Å². The first kappa shape index (κ1) is 44.3. The third-order valence-corrected chi connectivity index (χ3v) is 19.2. The molecule has 0 radical (unpaired) electrons. The lowest BCUT2D eigenvalue weighted by atomic mass is 9.70. The van der Waals surface area contributed by atoms with E-state index in [4.69, 9.17) is 23.8 Å². The number of hydrogen-bond donors (Lipinski definition) is 0. The fraction of sp³-hybridized carbons (Fsp3) is 0.0132. The molecule has 2 aliphatic carbocycles. The van der Waals surface area contributed by atoms with E-state index in [-0.39, 0.29) is 0 Å². The molecular weight excluding hydrogens is 1020 g/mol. The zero-order valence-corrected chi connectivity index (χ0v) is 44.6. The van der Waals surface area contributed by atoms with Crippen molar-refractivity contribution in [1.29, 1.82) is 0 Å². The maximum absolute atomic E-state index is 6.45. The molecule has 0 fully saturated rings. The van der Waals surface area contributed by atoms with Gasteiger partial charge in [-0.25, -0.2) is 15.0 Å². The molecule has 0 saturated heterocycles. The molecule has 0 N–H and O–H groups in total. The van der Waals surface area contributed by atoms with Gasteiger partial charge in [-0.05, 0) is 143 Å². The second-order valence-corrected chi connectivity index (χ2v) is 23.1. The lowest BCUT2D eigenvalue weighted by Crippen LogP contribution is -2.25. The van der Waals surface area contributed by atoms with Crippen LogP contribution in [0.4, 0.5) is 0 Å². The predicted molar refractivity (Wildman–Crippen MR) is 337 cm³/mol. The SMILES string of the molecule is c1ccc2c(c1)-c1ccccc1C21c2cc(-c3ccc(-c4nc(-c5ccc6c(c5)oc5ccccc56)nc(-c5cccc6c5sc5ccccc56)n4)cc3)ccc2-c2c(-c3ccc4c(c3)c3cccc5oc6cccc4c6c53)cccc21. The highest BCUT2D eigenvalue weighted by molar-refractivity contribution is 7.26. The molecule has 0 unspecified atom stereocenters. The number of rotatable bonds is 5. The molecule has 0 atom stereocenters. The Balaban J connectivity index is 0.777. The molecule has 6 heteroatoms. The first-order chi connectivity index (χ1) is 40.6. The van der Waals surface area contributed by atoms with Crippen molar-refractivity contribution in [3.8, 4) is 78.7 Å². The molecule has 82 heavy (non-hydrogen) atoms. The van der Waals surface area contributed by atoms with E-state index in [1.54, 1.807) is 11.3 Å². The summed E-state index contributed by atoms with van der Waals surface area (Å²) in [5, 5.41) is 11.9. The van der Waals surface area contributed by atoms with Crippen LogP contribution in [0.15, 0.2) is 258 Å². The molecule has 1 spiro atoms. The average Bonchev–Trinajstić information content (AvgIpc) is 2.20. The molecule has 0 aliphatic heterocycles. The van der Waals surface area contributed by atoms with Crippen LogP contribution in [0.3, 0.4) is 0 Å². The second-order valence-electron chi connectivity index (χ2n) is 22.0. The summed E-state index contributed by atoms with van der Waals surface area (Å²) in [7, 11) is 0. The van der Waals surface area contributed by atoms with Crippen molar-refractivity contribution in [3.05, 3.63) is 271 Å². The highest BCUT2D eigenvalue weighted by Crippen LogP contribution is 2.64. The molecular formula is C76H41N3O2S. The summed E-state index contributed by atoms with van der Waals surface area (Å²) in [6.45, 7) is 0. The average molecular weight is 1060 g/mol. The summed E-state index contributed by atoms with van der Waals surface area (Å²) >= 11 is 1.78. The highest BCUT2D eigenvalue weighted by Gasteiger charge is 2.52. The molecule has 5 nitrogen and oxygen atoms in total. The van der Waals surface area contributed by atoms with E-state index < -0.39 is 5.41 Å². The van der Waals surface area contributed by atoms with Crippen molar-refractivity contribution < 1.29 is 8.83 Å². The van der Waals surface area contributed by atoms with Gasteiger partial charge in [-0.2, -0.15) is 0 Å². The van der Waals surface area contributed by atoms with Crippen molar-refractivity contribution in [2.24, 2.45) is 0 Å². The zero-order valence-electron chi connectivity index (χ0n) is 43.7. The number of furan rings is 2. The summed E-state index contributed by atoms with van der Waals surface area (Å²) < 4.78 is 15.2. The number of nitrogens with zero attached hydrogens (tertiary/aromatic N) is 3. The topological polar surface area (TPSA) is 65.0 Å². The van der Waals surface area contributed by atoms with Gasteiger partial charge in [-0.15, -0.1) is 11.3 Å². The Bertz CT molecular complexity index is 5560. The Labute approximate surface area is 473 Å². The number of thiophene rings is 1. The lowest BCUT2D eigenvalue weighted by Gasteiger charge is -2.31. The Morgan fingerprint density at radius 2 is 0.817 bits per heavy atom. The number of hydrogen-bond acceptors (Lipinski definition) is 6. The molecule has 17 aromatic rings. The first-order valence-electron chi connectivity index (χ1n) is 27.9. The van der Waals surface area contributed by atoms with Crippen molar-refractivity contribution in [1.82, 2.24) is 15.0 Å². The first-order valence-corrected chi connectivity index (χ1v) is 28.7. The minimum atomic E-state index is -0.550. The molecule has 0 bridgehead atoms. The second kappa shape index (κ2) is 16.3. The summed E-state index contributed by atoms with van der Waals surface area (Å²) in [4.78, 5) is 15.9. The van der Waals surface area contributed by atoms with Gasteiger partial charge in [0, 0.05) is 58.4 Å². The zero-order chi connectivity index (χ0) is 53.4. The Morgan fingerprint density at radius 1 is 0.280 bits per heavy atom. The fourth-order valence-electron chi connectivity index (χ4n) is 14.4. The maximum atomic E-state index is 6.45. The van der Waals surface area contributed by atoms with E-state index in [0.29, 0.717) is 17.5 Å². The van der Waals surface area contributed by atoms with Crippen LogP contribution in [-0.4, -0.2) is 15.0 Å². The Hall–Kier alpha value is -10.5. The monoisotopic (exact) mass is 1060 g/mol. The van der Waals surface area contributed by atoms with E-state index in [2.05, 4.69) is 231 Å². The molecule has 4 aromatic heterocycles. The number of para-hydroxylation sites is 1. The number of benzene rings is 13. The van der Waals surface area contributed by atoms with E-state index in [1.165, 1.54) is 103 Å². The molecule has 19 rings (SSSR count). The predicted octanol–water partition coefficient (Wildman–Crippen LogP) is 20.5. The number of aromatic nitrogens is 3. The molecule has 0 amide bonds. The summed E-state index contributed by atoms with van der Waals surface area (Å²) in [5.41, 5.74) is 20.6. The van der Waals surface area contributed by atoms with Gasteiger partial charge < -0.3 is 8.83 Å². The van der Waals surface area contributed by atoms with Gasteiger partial charge in [0.05, 0.1) is 5.41 Å². The van der Waals surface area contributed by atoms with Gasteiger partial charge in [0.1, 0.15) is 22.3 Å². The van der Waals surface area contributed by atoms with Crippen LogP contribution in [0.2, 0.25) is 0 Å². The van der Waals surface area contributed by atoms with E-state index in [0.717, 1.165) is 65.6 Å². The Morgan fingerprint density at radius 3 is 1.63 bits per heavy atom. The third-order valence-electron chi connectivity index (χ3n) is 17.9. The van der Waals surface area contributed by atoms with E-state index in [1.807, 2.05) is 18.2 Å². The smallest absolute Gasteiger partial charge is 0.165 e. The molecule has 378 valence electrons. The van der Waals surface area contributed by atoms with Crippen molar-refractivity contribution in [3.63, 3.8) is 0 Å². The van der Waals surface area contributed by atoms with Gasteiger partial charge in [0.15, 0.2) is 17.5 Å². The van der Waals surface area contributed by atoms with Crippen LogP contribution >= 0.6 is 11.3 Å². The Kier molecular flexibility index (Phi) is 8.81. The van der Waals surface area contributed by atoms with Crippen LogP contribution in [0.1, 0.15) is 22.3 Å². The largest absolute Gasteiger partial charge is 0.456 e. The minimum absolute atomic E-state index is 0.550. The molecule has 2 aliphatic rings. The summed E-state index contributed by atoms with van der Waals surface area (Å²) in [6.07, 6.45) is 0. The van der Waals surface area contributed by atoms with Gasteiger partial charge in [0.2, 0.25) is 0 Å². The van der Waals surface area contributed by atoms with Crippen LogP contribution in [0.25, 0.3) is 164 Å². The van der Waals surface area contributed by atoms with Crippen LogP contribution in [-0.2, 0) is 5.41 Å². The van der Waals surface area contributed by atoms with Gasteiger partial charge >= 0.3 is 0 Å². The van der Waals surface area contributed by atoms with Gasteiger partial charge in [-0.3, -0.25) is 0 Å². The number of fused-ring (bicyclic) bond motifs is 19. The summed E-state index contributed by atoms with van der Waals surface area (Å²) in [6, 6.07) is 90.6. The highest BCUT2D eigenvalue weighted by atomic mass is 32.1. The van der Waals surface area contributed by atoms with Gasteiger partial charge in [-0.1, -0.05) is 194 Å². The van der Waals surface area contributed by atoms with Crippen LogP contribution in [0.5, 0.6) is 0 Å². The molecule has 4 heterocycles.